The van der Waals surface area contributed by atoms with E-state index in [2.05, 4.69) is 10.4 Å². The first-order chi connectivity index (χ1) is 9.76. The Balaban J connectivity index is 2.78. The molecule has 0 aliphatic heterocycles. The summed E-state index contributed by atoms with van der Waals surface area (Å²) in [5.41, 5.74) is -0.699. The van der Waals surface area contributed by atoms with Crippen LogP contribution in [0, 0.1) is 0 Å². The standard InChI is InChI=1S/C14H25ClN4O2/c1-5-6-14(2,21)10-16-11-9-17-19(8-7-18(3)4)13(20)12(11)15/h9,16,21H,5-8,10H2,1-4H3. The molecule has 120 valence electrons. The Bertz CT molecular complexity index is 514. The van der Waals surface area contributed by atoms with E-state index in [1.165, 1.54) is 10.9 Å². The van der Waals surface area contributed by atoms with Gasteiger partial charge in [-0.05, 0) is 27.4 Å². The van der Waals surface area contributed by atoms with Gasteiger partial charge in [-0.3, -0.25) is 4.79 Å². The van der Waals surface area contributed by atoms with Gasteiger partial charge in [0.05, 0.1) is 24.0 Å². The molecule has 0 bridgehead atoms. The van der Waals surface area contributed by atoms with Crippen LogP contribution in [-0.2, 0) is 6.54 Å². The van der Waals surface area contributed by atoms with Crippen molar-refractivity contribution in [2.75, 3.05) is 32.5 Å². The van der Waals surface area contributed by atoms with Crippen LogP contribution >= 0.6 is 11.6 Å². The quantitative estimate of drug-likeness (QED) is 0.759. The van der Waals surface area contributed by atoms with E-state index in [0.717, 1.165) is 6.42 Å². The number of nitrogens with zero attached hydrogens (tertiary/aromatic N) is 3. The van der Waals surface area contributed by atoms with Gasteiger partial charge >= 0.3 is 0 Å². The maximum Gasteiger partial charge on any atom is 0.287 e. The van der Waals surface area contributed by atoms with Crippen LogP contribution in [0.15, 0.2) is 11.0 Å². The average Bonchev–Trinajstić information content (AvgIpc) is 2.39. The predicted molar refractivity (Wildman–Crippen MR) is 86.1 cm³/mol. The van der Waals surface area contributed by atoms with E-state index < -0.39 is 5.60 Å². The first-order valence-electron chi connectivity index (χ1n) is 7.13. The van der Waals surface area contributed by atoms with Crippen LogP contribution in [0.25, 0.3) is 0 Å². The van der Waals surface area contributed by atoms with Gasteiger partial charge in [-0.15, -0.1) is 0 Å². The predicted octanol–water partition coefficient (Wildman–Crippen LogP) is 1.42. The Hall–Kier alpha value is -1.11. The van der Waals surface area contributed by atoms with Gasteiger partial charge in [-0.2, -0.15) is 5.10 Å². The van der Waals surface area contributed by atoms with Crippen LogP contribution in [-0.4, -0.2) is 52.6 Å². The van der Waals surface area contributed by atoms with Gasteiger partial charge in [0.15, 0.2) is 0 Å². The molecule has 0 saturated heterocycles. The highest BCUT2D eigenvalue weighted by atomic mass is 35.5. The minimum absolute atomic E-state index is 0.107. The lowest BCUT2D eigenvalue weighted by Crippen LogP contribution is -2.34. The molecule has 0 radical (unpaired) electrons. The monoisotopic (exact) mass is 316 g/mol. The highest BCUT2D eigenvalue weighted by molar-refractivity contribution is 6.32. The smallest absolute Gasteiger partial charge is 0.287 e. The molecule has 0 fully saturated rings. The molecule has 1 unspecified atom stereocenters. The topological polar surface area (TPSA) is 70.4 Å². The Morgan fingerprint density at radius 1 is 1.52 bits per heavy atom. The number of hydrogen-bond donors (Lipinski definition) is 2. The molecule has 0 spiro atoms. The maximum atomic E-state index is 12.1. The molecule has 0 aliphatic carbocycles. The van der Waals surface area contributed by atoms with Gasteiger partial charge in [-0.1, -0.05) is 24.9 Å². The van der Waals surface area contributed by atoms with Crippen molar-refractivity contribution in [1.29, 1.82) is 0 Å². The molecule has 1 aromatic rings. The van der Waals surface area contributed by atoms with Crippen LogP contribution < -0.4 is 10.9 Å². The molecular formula is C14H25ClN4O2. The summed E-state index contributed by atoms with van der Waals surface area (Å²) in [7, 11) is 3.86. The minimum Gasteiger partial charge on any atom is -0.388 e. The van der Waals surface area contributed by atoms with Gasteiger partial charge in [0, 0.05) is 13.1 Å². The summed E-state index contributed by atoms with van der Waals surface area (Å²) >= 11 is 6.09. The number of hydrogen-bond acceptors (Lipinski definition) is 5. The number of aliphatic hydroxyl groups is 1. The minimum atomic E-state index is -0.835. The van der Waals surface area contributed by atoms with Crippen molar-refractivity contribution in [3.05, 3.63) is 21.6 Å². The lowest BCUT2D eigenvalue weighted by atomic mass is 10.0. The van der Waals surface area contributed by atoms with Crippen molar-refractivity contribution in [3.63, 3.8) is 0 Å². The zero-order valence-corrected chi connectivity index (χ0v) is 13.9. The van der Waals surface area contributed by atoms with Crippen LogP contribution in [0.2, 0.25) is 5.02 Å². The van der Waals surface area contributed by atoms with Crippen LogP contribution in [0.5, 0.6) is 0 Å². The number of nitrogens with one attached hydrogen (secondary N) is 1. The van der Waals surface area contributed by atoms with E-state index in [1.54, 1.807) is 6.92 Å². The normalized spacial score (nSPS) is 14.2. The van der Waals surface area contributed by atoms with Crippen LogP contribution in [0.1, 0.15) is 26.7 Å². The number of halogens is 1. The van der Waals surface area contributed by atoms with E-state index in [-0.39, 0.29) is 10.6 Å². The molecule has 2 N–H and O–H groups in total. The Kier molecular flexibility index (Phi) is 6.64. The fourth-order valence-electron chi connectivity index (χ4n) is 1.95. The molecule has 7 heteroatoms. The summed E-state index contributed by atoms with van der Waals surface area (Å²) < 4.78 is 1.34. The average molecular weight is 317 g/mol. The number of likely N-dealkylation sites (N-methyl/N-ethyl adjacent to an activating group) is 1. The van der Waals surface area contributed by atoms with Gasteiger partial charge in [-0.25, -0.2) is 4.68 Å². The fraction of sp³-hybridized carbons (Fsp3) is 0.714. The molecule has 0 saturated carbocycles. The van der Waals surface area contributed by atoms with E-state index in [9.17, 15) is 9.90 Å². The van der Waals surface area contributed by atoms with E-state index in [1.807, 2.05) is 25.9 Å². The maximum absolute atomic E-state index is 12.1. The Morgan fingerprint density at radius 2 is 2.19 bits per heavy atom. The second kappa shape index (κ2) is 7.77. The summed E-state index contributed by atoms with van der Waals surface area (Å²) in [5, 5.41) is 17.3. The summed E-state index contributed by atoms with van der Waals surface area (Å²) in [6, 6.07) is 0. The molecule has 0 aromatic carbocycles. The molecule has 0 amide bonds. The van der Waals surface area contributed by atoms with E-state index >= 15 is 0 Å². The zero-order chi connectivity index (χ0) is 16.0. The molecule has 1 atom stereocenters. The van der Waals surface area contributed by atoms with Crippen molar-refractivity contribution in [3.8, 4) is 0 Å². The van der Waals surface area contributed by atoms with Crippen molar-refractivity contribution in [2.24, 2.45) is 0 Å². The number of rotatable bonds is 8. The lowest BCUT2D eigenvalue weighted by molar-refractivity contribution is 0.0637. The van der Waals surface area contributed by atoms with Crippen molar-refractivity contribution >= 4 is 17.3 Å². The fourth-order valence-corrected chi connectivity index (χ4v) is 2.17. The summed E-state index contributed by atoms with van der Waals surface area (Å²) in [6.45, 7) is 5.28. The van der Waals surface area contributed by atoms with Gasteiger partial charge < -0.3 is 15.3 Å². The summed E-state index contributed by atoms with van der Waals surface area (Å²) in [5.74, 6) is 0. The zero-order valence-electron chi connectivity index (χ0n) is 13.2. The van der Waals surface area contributed by atoms with Crippen LogP contribution in [0.3, 0.4) is 0 Å². The van der Waals surface area contributed by atoms with Crippen LogP contribution in [0.4, 0.5) is 5.69 Å². The first kappa shape index (κ1) is 17.9. The molecule has 0 aliphatic rings. The van der Waals surface area contributed by atoms with E-state index in [0.29, 0.717) is 31.7 Å². The van der Waals surface area contributed by atoms with Crippen molar-refractivity contribution in [2.45, 2.75) is 38.8 Å². The second-order valence-corrected chi connectivity index (χ2v) is 6.18. The number of anilines is 1. The van der Waals surface area contributed by atoms with Gasteiger partial charge in [0.1, 0.15) is 5.02 Å². The molecule has 6 nitrogen and oxygen atoms in total. The molecule has 21 heavy (non-hydrogen) atoms. The van der Waals surface area contributed by atoms with E-state index in [4.69, 9.17) is 11.6 Å². The third kappa shape index (κ3) is 5.65. The molecular weight excluding hydrogens is 292 g/mol. The van der Waals surface area contributed by atoms with Crippen molar-refractivity contribution in [1.82, 2.24) is 14.7 Å². The molecule has 1 rings (SSSR count). The second-order valence-electron chi connectivity index (χ2n) is 5.80. The largest absolute Gasteiger partial charge is 0.388 e. The summed E-state index contributed by atoms with van der Waals surface area (Å²) in [4.78, 5) is 14.1. The van der Waals surface area contributed by atoms with Gasteiger partial charge in [0.2, 0.25) is 0 Å². The Labute approximate surface area is 130 Å². The molecule has 1 aromatic heterocycles. The summed E-state index contributed by atoms with van der Waals surface area (Å²) in [6.07, 6.45) is 3.08. The third-order valence-corrected chi connectivity index (χ3v) is 3.56. The first-order valence-corrected chi connectivity index (χ1v) is 7.51. The molecule has 1 heterocycles. The number of aromatic nitrogens is 2. The highest BCUT2D eigenvalue weighted by Crippen LogP contribution is 2.18. The van der Waals surface area contributed by atoms with Crippen molar-refractivity contribution < 1.29 is 5.11 Å². The SMILES string of the molecule is CCCC(C)(O)CNc1cnn(CCN(C)C)c(=O)c1Cl. The Morgan fingerprint density at radius 3 is 2.76 bits per heavy atom. The van der Waals surface area contributed by atoms with Gasteiger partial charge in [0.25, 0.3) is 5.56 Å². The lowest BCUT2D eigenvalue weighted by Gasteiger charge is -2.23. The highest BCUT2D eigenvalue weighted by Gasteiger charge is 2.19. The third-order valence-electron chi connectivity index (χ3n) is 3.19.